The lowest BCUT2D eigenvalue weighted by molar-refractivity contribution is 0.230. The SMILES string of the molecule is CN(C)C(CNC(=O)NC(c1ccccc1)c1ccccc1)c1ccc2c(c1)CCO2. The maximum absolute atomic E-state index is 12.9. The Labute approximate surface area is 184 Å². The highest BCUT2D eigenvalue weighted by Gasteiger charge is 2.21. The minimum atomic E-state index is -0.211. The third-order valence-electron chi connectivity index (χ3n) is 5.72. The third kappa shape index (κ3) is 5.06. The fraction of sp³-hybridized carbons (Fsp3) is 0.269. The minimum absolute atomic E-state index is 0.0727. The summed E-state index contributed by atoms with van der Waals surface area (Å²) in [6.07, 6.45) is 0.938. The third-order valence-corrected chi connectivity index (χ3v) is 5.72. The summed E-state index contributed by atoms with van der Waals surface area (Å²) in [5.41, 5.74) is 4.51. The fourth-order valence-electron chi connectivity index (χ4n) is 4.03. The predicted octanol–water partition coefficient (Wildman–Crippen LogP) is 4.31. The first kappa shape index (κ1) is 20.9. The molecule has 3 aromatic rings. The van der Waals surface area contributed by atoms with Crippen LogP contribution in [0.5, 0.6) is 5.75 Å². The lowest BCUT2D eigenvalue weighted by Crippen LogP contribution is -2.42. The Morgan fingerprint density at radius 3 is 2.19 bits per heavy atom. The molecule has 0 spiro atoms. The molecule has 1 aliphatic heterocycles. The van der Waals surface area contributed by atoms with Gasteiger partial charge in [-0.1, -0.05) is 72.8 Å². The molecular formula is C26H29N3O2. The van der Waals surface area contributed by atoms with E-state index in [1.54, 1.807) is 0 Å². The van der Waals surface area contributed by atoms with Gasteiger partial charge in [0.1, 0.15) is 5.75 Å². The van der Waals surface area contributed by atoms with Gasteiger partial charge in [0.15, 0.2) is 0 Å². The van der Waals surface area contributed by atoms with Crippen LogP contribution >= 0.6 is 0 Å². The van der Waals surface area contributed by atoms with Crippen molar-refractivity contribution in [1.82, 2.24) is 15.5 Å². The van der Waals surface area contributed by atoms with E-state index in [0.29, 0.717) is 6.54 Å². The lowest BCUT2D eigenvalue weighted by Gasteiger charge is -2.26. The number of likely N-dealkylation sites (N-methyl/N-ethyl adjacent to an activating group) is 1. The summed E-state index contributed by atoms with van der Waals surface area (Å²) in [5.74, 6) is 0.973. The molecule has 2 amide bonds. The maximum Gasteiger partial charge on any atom is 0.315 e. The van der Waals surface area contributed by atoms with Crippen LogP contribution in [0.3, 0.4) is 0 Å². The van der Waals surface area contributed by atoms with Crippen molar-refractivity contribution in [2.45, 2.75) is 18.5 Å². The molecule has 0 saturated carbocycles. The van der Waals surface area contributed by atoms with Gasteiger partial charge >= 0.3 is 6.03 Å². The van der Waals surface area contributed by atoms with Crippen LogP contribution in [0.15, 0.2) is 78.9 Å². The number of nitrogens with zero attached hydrogens (tertiary/aromatic N) is 1. The molecule has 1 aliphatic rings. The van der Waals surface area contributed by atoms with Crippen molar-refractivity contribution < 1.29 is 9.53 Å². The van der Waals surface area contributed by atoms with E-state index < -0.39 is 0 Å². The van der Waals surface area contributed by atoms with E-state index in [0.717, 1.165) is 29.9 Å². The topological polar surface area (TPSA) is 53.6 Å². The van der Waals surface area contributed by atoms with Crippen molar-refractivity contribution in [2.75, 3.05) is 27.2 Å². The van der Waals surface area contributed by atoms with Crippen LogP contribution in [-0.4, -0.2) is 38.2 Å². The molecule has 0 saturated heterocycles. The fourth-order valence-corrected chi connectivity index (χ4v) is 4.03. The van der Waals surface area contributed by atoms with E-state index in [1.165, 1.54) is 11.1 Å². The molecule has 4 rings (SSSR count). The van der Waals surface area contributed by atoms with Gasteiger partial charge in [-0.25, -0.2) is 4.79 Å². The highest BCUT2D eigenvalue weighted by molar-refractivity contribution is 5.75. The summed E-state index contributed by atoms with van der Waals surface area (Å²) in [6, 6.07) is 26.1. The number of nitrogens with one attached hydrogen (secondary N) is 2. The Bertz CT molecular complexity index is 966. The zero-order valence-electron chi connectivity index (χ0n) is 18.0. The van der Waals surface area contributed by atoms with Gasteiger partial charge in [-0.2, -0.15) is 0 Å². The first-order valence-electron chi connectivity index (χ1n) is 10.7. The predicted molar refractivity (Wildman–Crippen MR) is 123 cm³/mol. The quantitative estimate of drug-likeness (QED) is 0.605. The van der Waals surface area contributed by atoms with Crippen LogP contribution in [0, 0.1) is 0 Å². The highest BCUT2D eigenvalue weighted by Crippen LogP contribution is 2.29. The molecule has 160 valence electrons. The van der Waals surface area contributed by atoms with Gasteiger partial charge in [-0.3, -0.25) is 0 Å². The normalized spacial score (nSPS) is 13.5. The molecule has 1 unspecified atom stereocenters. The minimum Gasteiger partial charge on any atom is -0.493 e. The summed E-state index contributed by atoms with van der Waals surface area (Å²) in [6.45, 7) is 1.25. The van der Waals surface area contributed by atoms with Gasteiger partial charge in [-0.05, 0) is 42.4 Å². The molecule has 2 N–H and O–H groups in total. The molecule has 5 heteroatoms. The van der Waals surface area contributed by atoms with Gasteiger partial charge < -0.3 is 20.3 Å². The average molecular weight is 416 g/mol. The van der Waals surface area contributed by atoms with Crippen LogP contribution in [0.2, 0.25) is 0 Å². The Kier molecular flexibility index (Phi) is 6.53. The van der Waals surface area contributed by atoms with Crippen LogP contribution < -0.4 is 15.4 Å². The maximum atomic E-state index is 12.9. The van der Waals surface area contributed by atoms with Gasteiger partial charge in [0.25, 0.3) is 0 Å². The molecule has 0 bridgehead atoms. The summed E-state index contributed by atoms with van der Waals surface area (Å²) < 4.78 is 5.63. The van der Waals surface area contributed by atoms with Gasteiger partial charge in [-0.15, -0.1) is 0 Å². The molecule has 0 fully saturated rings. The Hall–Kier alpha value is -3.31. The Morgan fingerprint density at radius 1 is 0.935 bits per heavy atom. The molecule has 0 aliphatic carbocycles. The number of hydrogen-bond donors (Lipinski definition) is 2. The Balaban J connectivity index is 1.46. The van der Waals surface area contributed by atoms with E-state index in [2.05, 4.69) is 27.7 Å². The first-order valence-corrected chi connectivity index (χ1v) is 10.7. The van der Waals surface area contributed by atoms with Crippen molar-refractivity contribution in [3.63, 3.8) is 0 Å². The second-order valence-corrected chi connectivity index (χ2v) is 8.05. The van der Waals surface area contributed by atoms with Crippen LogP contribution in [-0.2, 0) is 6.42 Å². The van der Waals surface area contributed by atoms with Crippen LogP contribution in [0.1, 0.15) is 34.3 Å². The summed E-state index contributed by atoms with van der Waals surface area (Å²) in [5, 5.41) is 6.23. The smallest absolute Gasteiger partial charge is 0.315 e. The summed E-state index contributed by atoms with van der Waals surface area (Å²) in [7, 11) is 4.06. The number of carbonyl (C=O) groups is 1. The van der Waals surface area contributed by atoms with Gasteiger partial charge in [0.2, 0.25) is 0 Å². The second-order valence-electron chi connectivity index (χ2n) is 8.05. The second kappa shape index (κ2) is 9.67. The molecule has 5 nitrogen and oxygen atoms in total. The number of hydrogen-bond acceptors (Lipinski definition) is 3. The average Bonchev–Trinajstić information content (AvgIpc) is 3.26. The number of rotatable bonds is 7. The largest absolute Gasteiger partial charge is 0.493 e. The number of benzene rings is 3. The van der Waals surface area contributed by atoms with E-state index >= 15 is 0 Å². The van der Waals surface area contributed by atoms with Crippen molar-refractivity contribution >= 4 is 6.03 Å². The molecule has 31 heavy (non-hydrogen) atoms. The van der Waals surface area contributed by atoms with E-state index in [1.807, 2.05) is 80.8 Å². The van der Waals surface area contributed by atoms with Gasteiger partial charge in [0.05, 0.1) is 18.7 Å². The summed E-state index contributed by atoms with van der Waals surface area (Å²) in [4.78, 5) is 15.0. The Morgan fingerprint density at radius 2 is 1.58 bits per heavy atom. The van der Waals surface area contributed by atoms with Crippen molar-refractivity contribution in [3.05, 3.63) is 101 Å². The first-order chi connectivity index (χ1) is 15.1. The molecule has 1 atom stereocenters. The molecule has 0 radical (unpaired) electrons. The number of fused-ring (bicyclic) bond motifs is 1. The number of ether oxygens (including phenoxy) is 1. The van der Waals surface area contributed by atoms with Crippen molar-refractivity contribution in [3.8, 4) is 5.75 Å². The monoisotopic (exact) mass is 415 g/mol. The van der Waals surface area contributed by atoms with E-state index in [-0.39, 0.29) is 18.1 Å². The number of urea groups is 1. The van der Waals surface area contributed by atoms with Crippen molar-refractivity contribution in [1.29, 1.82) is 0 Å². The highest BCUT2D eigenvalue weighted by atomic mass is 16.5. The summed E-state index contributed by atoms with van der Waals surface area (Å²) >= 11 is 0. The zero-order valence-corrected chi connectivity index (χ0v) is 18.0. The molecule has 1 heterocycles. The zero-order chi connectivity index (χ0) is 21.6. The van der Waals surface area contributed by atoms with Crippen LogP contribution in [0.4, 0.5) is 4.79 Å². The van der Waals surface area contributed by atoms with Crippen molar-refractivity contribution in [2.24, 2.45) is 0 Å². The molecule has 3 aromatic carbocycles. The number of amides is 2. The van der Waals surface area contributed by atoms with Crippen LogP contribution in [0.25, 0.3) is 0 Å². The van der Waals surface area contributed by atoms with E-state index in [9.17, 15) is 4.79 Å². The molecular weight excluding hydrogens is 386 g/mol. The molecule has 0 aromatic heterocycles. The lowest BCUT2D eigenvalue weighted by atomic mass is 9.99. The standard InChI is InChI=1S/C26H29N3O2/c1-29(2)23(21-13-14-24-22(17-21)15-16-31-24)18-27-26(30)28-25(19-9-5-3-6-10-19)20-11-7-4-8-12-20/h3-14,17,23,25H,15-16,18H2,1-2H3,(H2,27,28,30). The number of carbonyl (C=O) groups excluding carboxylic acids is 1. The van der Waals surface area contributed by atoms with Gasteiger partial charge in [0, 0.05) is 13.0 Å². The van der Waals surface area contributed by atoms with E-state index in [4.69, 9.17) is 4.74 Å².